The van der Waals surface area contributed by atoms with E-state index in [1.807, 2.05) is 29.2 Å². The van der Waals surface area contributed by atoms with Crippen LogP contribution in [0.15, 0.2) is 41.3 Å². The molecule has 0 saturated carbocycles. The predicted octanol–water partition coefficient (Wildman–Crippen LogP) is 1.80. The molecule has 0 bridgehead atoms. The summed E-state index contributed by atoms with van der Waals surface area (Å²) in [6.45, 7) is 0.926. The minimum atomic E-state index is -0.223. The molecule has 0 aliphatic rings. The summed E-state index contributed by atoms with van der Waals surface area (Å²) in [7, 11) is 0. The molecular formula is C14H13ClN4O2S. The van der Waals surface area contributed by atoms with Crippen molar-refractivity contribution in [1.82, 2.24) is 14.6 Å². The van der Waals surface area contributed by atoms with Crippen LogP contribution in [-0.4, -0.2) is 32.9 Å². The van der Waals surface area contributed by atoms with Crippen molar-refractivity contribution in [2.24, 2.45) is 0 Å². The summed E-state index contributed by atoms with van der Waals surface area (Å²) >= 11 is 7.31. The first-order valence-corrected chi connectivity index (χ1v) is 7.82. The first-order valence-electron chi connectivity index (χ1n) is 6.62. The van der Waals surface area contributed by atoms with Crippen LogP contribution >= 0.6 is 22.9 Å². The van der Waals surface area contributed by atoms with Gasteiger partial charge >= 0.3 is 0 Å². The fraction of sp³-hybridized carbons (Fsp3) is 0.214. The molecule has 0 amide bonds. The Morgan fingerprint density at radius 3 is 2.95 bits per heavy atom. The van der Waals surface area contributed by atoms with E-state index in [0.29, 0.717) is 28.2 Å². The summed E-state index contributed by atoms with van der Waals surface area (Å²) in [5.74, 6) is 0. The fourth-order valence-electron chi connectivity index (χ4n) is 2.08. The van der Waals surface area contributed by atoms with Crippen molar-refractivity contribution in [3.05, 3.63) is 57.5 Å². The lowest BCUT2D eigenvalue weighted by Gasteiger charge is -2.20. The number of hydrogen-bond acceptors (Lipinski definition) is 6. The minimum absolute atomic E-state index is 0.0151. The summed E-state index contributed by atoms with van der Waals surface area (Å²) in [6, 6.07) is 8.86. The lowest BCUT2D eigenvalue weighted by Crippen LogP contribution is -2.26. The molecule has 2 aromatic heterocycles. The smallest absolute Gasteiger partial charge is 0.275 e. The second kappa shape index (κ2) is 6.43. The molecule has 6 nitrogen and oxygen atoms in total. The highest BCUT2D eigenvalue weighted by atomic mass is 35.5. The minimum Gasteiger partial charge on any atom is -0.395 e. The Hall–Kier alpha value is -1.96. The van der Waals surface area contributed by atoms with Crippen molar-refractivity contribution < 1.29 is 5.11 Å². The van der Waals surface area contributed by atoms with E-state index < -0.39 is 0 Å². The van der Waals surface area contributed by atoms with Crippen LogP contribution in [0.3, 0.4) is 0 Å². The highest BCUT2D eigenvalue weighted by Crippen LogP contribution is 2.23. The number of benzene rings is 1. The Kier molecular flexibility index (Phi) is 4.37. The number of hydrogen-bond donors (Lipinski definition) is 1. The van der Waals surface area contributed by atoms with Gasteiger partial charge in [0.15, 0.2) is 0 Å². The predicted molar refractivity (Wildman–Crippen MR) is 86.7 cm³/mol. The zero-order chi connectivity index (χ0) is 15.5. The molecule has 0 radical (unpaired) electrons. The van der Waals surface area contributed by atoms with Gasteiger partial charge in [-0.15, -0.1) is 5.10 Å². The topological polar surface area (TPSA) is 70.7 Å². The molecule has 0 atom stereocenters. The Morgan fingerprint density at radius 1 is 1.36 bits per heavy atom. The molecule has 22 heavy (non-hydrogen) atoms. The molecule has 0 fully saturated rings. The summed E-state index contributed by atoms with van der Waals surface area (Å²) in [5, 5.41) is 14.9. The Bertz CT molecular complexity index is 848. The first kappa shape index (κ1) is 15.0. The number of anilines is 1. The van der Waals surface area contributed by atoms with E-state index in [-0.39, 0.29) is 12.2 Å². The molecule has 0 saturated heterocycles. The molecule has 0 spiro atoms. The molecule has 0 aliphatic heterocycles. The highest BCUT2D eigenvalue weighted by molar-refractivity contribution is 7.20. The largest absolute Gasteiger partial charge is 0.395 e. The van der Waals surface area contributed by atoms with E-state index in [1.54, 1.807) is 0 Å². The van der Waals surface area contributed by atoms with Crippen LogP contribution in [-0.2, 0) is 6.54 Å². The van der Waals surface area contributed by atoms with Crippen LogP contribution in [0, 0.1) is 0 Å². The van der Waals surface area contributed by atoms with Crippen molar-refractivity contribution in [2.75, 3.05) is 18.1 Å². The monoisotopic (exact) mass is 336 g/mol. The Labute approximate surface area is 135 Å². The van der Waals surface area contributed by atoms with Crippen LogP contribution in [0.1, 0.15) is 5.56 Å². The lowest BCUT2D eigenvalue weighted by atomic mass is 10.2. The lowest BCUT2D eigenvalue weighted by molar-refractivity contribution is 0.301. The molecule has 0 aliphatic carbocycles. The third kappa shape index (κ3) is 3.11. The highest BCUT2D eigenvalue weighted by Gasteiger charge is 2.14. The van der Waals surface area contributed by atoms with Crippen LogP contribution in [0.25, 0.3) is 4.96 Å². The standard InChI is InChI=1S/C14H13ClN4O2S/c15-11-3-1-2-10(8-11)9-18(6-7-20)14-17-19-12(21)4-5-16-13(19)22-14/h1-5,8,20H,6-7,9H2. The van der Waals surface area contributed by atoms with Crippen molar-refractivity contribution in [2.45, 2.75) is 6.54 Å². The summed E-state index contributed by atoms with van der Waals surface area (Å²) < 4.78 is 1.27. The normalized spacial score (nSPS) is 11.0. The van der Waals surface area contributed by atoms with Gasteiger partial charge in [0.25, 0.3) is 5.56 Å². The molecule has 8 heteroatoms. The van der Waals surface area contributed by atoms with Gasteiger partial charge in [-0.05, 0) is 17.7 Å². The second-order valence-electron chi connectivity index (χ2n) is 4.64. The maximum Gasteiger partial charge on any atom is 0.275 e. The van der Waals surface area contributed by atoms with Gasteiger partial charge in [-0.3, -0.25) is 4.79 Å². The van der Waals surface area contributed by atoms with Gasteiger partial charge in [0.1, 0.15) is 0 Å². The van der Waals surface area contributed by atoms with E-state index >= 15 is 0 Å². The number of nitrogens with zero attached hydrogens (tertiary/aromatic N) is 4. The second-order valence-corrected chi connectivity index (χ2v) is 6.01. The van der Waals surface area contributed by atoms with Crippen LogP contribution in [0.2, 0.25) is 5.02 Å². The van der Waals surface area contributed by atoms with E-state index in [4.69, 9.17) is 11.6 Å². The third-order valence-electron chi connectivity index (χ3n) is 3.06. The van der Waals surface area contributed by atoms with Gasteiger partial charge in [0.2, 0.25) is 10.1 Å². The number of aliphatic hydroxyl groups is 1. The summed E-state index contributed by atoms with van der Waals surface area (Å²) in [4.78, 5) is 18.3. The quantitative estimate of drug-likeness (QED) is 0.769. The summed E-state index contributed by atoms with van der Waals surface area (Å²) in [6.07, 6.45) is 1.47. The van der Waals surface area contributed by atoms with Gasteiger partial charge in [-0.2, -0.15) is 4.52 Å². The van der Waals surface area contributed by atoms with Crippen molar-refractivity contribution in [3.8, 4) is 0 Å². The molecule has 0 unspecified atom stereocenters. The molecule has 114 valence electrons. The van der Waals surface area contributed by atoms with Crippen LogP contribution in [0.4, 0.5) is 5.13 Å². The Morgan fingerprint density at radius 2 is 2.23 bits per heavy atom. The van der Waals surface area contributed by atoms with Gasteiger partial charge in [-0.25, -0.2) is 4.98 Å². The zero-order valence-electron chi connectivity index (χ0n) is 11.5. The third-order valence-corrected chi connectivity index (χ3v) is 4.28. The van der Waals surface area contributed by atoms with Crippen molar-refractivity contribution in [3.63, 3.8) is 0 Å². The van der Waals surface area contributed by atoms with E-state index in [2.05, 4.69) is 10.1 Å². The average molecular weight is 337 g/mol. The maximum absolute atomic E-state index is 11.8. The number of halogens is 1. The number of fused-ring (bicyclic) bond motifs is 1. The zero-order valence-corrected chi connectivity index (χ0v) is 13.1. The fourth-order valence-corrected chi connectivity index (χ4v) is 3.19. The number of rotatable bonds is 5. The van der Waals surface area contributed by atoms with Crippen molar-refractivity contribution >= 4 is 33.0 Å². The van der Waals surface area contributed by atoms with Crippen molar-refractivity contribution in [1.29, 1.82) is 0 Å². The van der Waals surface area contributed by atoms with Crippen LogP contribution in [0.5, 0.6) is 0 Å². The molecule has 1 aromatic carbocycles. The Balaban J connectivity index is 1.95. The molecule has 2 heterocycles. The van der Waals surface area contributed by atoms with E-state index in [0.717, 1.165) is 5.56 Å². The number of aliphatic hydroxyl groups excluding tert-OH is 1. The average Bonchev–Trinajstić information content (AvgIpc) is 2.92. The van der Waals surface area contributed by atoms with E-state index in [9.17, 15) is 9.90 Å². The van der Waals surface area contributed by atoms with Gasteiger partial charge in [0, 0.05) is 30.4 Å². The van der Waals surface area contributed by atoms with Crippen LogP contribution < -0.4 is 10.5 Å². The molecular weight excluding hydrogens is 324 g/mol. The van der Waals surface area contributed by atoms with E-state index in [1.165, 1.54) is 28.1 Å². The maximum atomic E-state index is 11.8. The first-order chi connectivity index (χ1) is 10.7. The number of aromatic nitrogens is 3. The molecule has 3 aromatic rings. The van der Waals surface area contributed by atoms with Gasteiger partial charge in [-0.1, -0.05) is 35.1 Å². The SMILES string of the molecule is O=c1ccnc2sc(N(CCO)Cc3cccc(Cl)c3)nn12. The molecule has 1 N–H and O–H groups in total. The van der Waals surface area contributed by atoms with Gasteiger partial charge in [0.05, 0.1) is 6.61 Å². The molecule has 3 rings (SSSR count). The van der Waals surface area contributed by atoms with Gasteiger partial charge < -0.3 is 10.0 Å². The summed E-state index contributed by atoms with van der Waals surface area (Å²) in [5.41, 5.74) is 0.778.